The van der Waals surface area contributed by atoms with Gasteiger partial charge in [0, 0.05) is 6.54 Å². The molecular weight excluding hydrogens is 474 g/mol. The van der Waals surface area contributed by atoms with E-state index in [0.29, 0.717) is 18.5 Å². The monoisotopic (exact) mass is 517 g/mol. The summed E-state index contributed by atoms with van der Waals surface area (Å²) in [5, 5.41) is 5.06. The highest BCUT2D eigenvalue weighted by molar-refractivity contribution is 5.92. The summed E-state index contributed by atoms with van der Waals surface area (Å²) in [5.74, 6) is -1.57. The molecule has 0 saturated heterocycles. The average molecular weight is 518 g/mol. The smallest absolute Gasteiger partial charge is 0.408 e. The highest BCUT2D eigenvalue weighted by Crippen LogP contribution is 2.24. The van der Waals surface area contributed by atoms with Crippen LogP contribution < -0.4 is 10.6 Å². The van der Waals surface area contributed by atoms with E-state index in [1.165, 1.54) is 12.0 Å². The maximum atomic E-state index is 13.4. The molecule has 0 aromatic heterocycles. The van der Waals surface area contributed by atoms with E-state index in [9.17, 15) is 19.2 Å². The number of esters is 1. The van der Waals surface area contributed by atoms with Crippen LogP contribution in [0.15, 0.2) is 30.8 Å². The normalized spacial score (nSPS) is 11.7. The maximum Gasteiger partial charge on any atom is 0.408 e. The van der Waals surface area contributed by atoms with Gasteiger partial charge in [0.15, 0.2) is 0 Å². The van der Waals surface area contributed by atoms with Crippen molar-refractivity contribution in [2.75, 3.05) is 26.7 Å². The number of ether oxygens (including phenoxy) is 2. The van der Waals surface area contributed by atoms with E-state index in [1.54, 1.807) is 45.0 Å². The van der Waals surface area contributed by atoms with Crippen LogP contribution in [0.3, 0.4) is 0 Å². The third-order valence-corrected chi connectivity index (χ3v) is 5.51. The van der Waals surface area contributed by atoms with Gasteiger partial charge in [-0.2, -0.15) is 0 Å². The van der Waals surface area contributed by atoms with Crippen LogP contribution in [-0.2, 0) is 23.9 Å². The first-order valence-corrected chi connectivity index (χ1v) is 12.9. The second-order valence-corrected chi connectivity index (χ2v) is 9.78. The van der Waals surface area contributed by atoms with E-state index in [-0.39, 0.29) is 13.1 Å². The molecule has 2 N–H and O–H groups in total. The molecule has 0 spiro atoms. The van der Waals surface area contributed by atoms with Crippen molar-refractivity contribution < 1.29 is 28.7 Å². The molecule has 0 heterocycles. The summed E-state index contributed by atoms with van der Waals surface area (Å²) in [6.45, 7) is 10.8. The highest BCUT2D eigenvalue weighted by atomic mass is 16.6. The van der Waals surface area contributed by atoms with E-state index < -0.39 is 35.5 Å². The number of methoxy groups -OCH3 is 1. The quantitative estimate of drug-likeness (QED) is 0.264. The molecular formula is C28H43N3O6. The standard InChI is InChI=1S/C28H43N3O6/c1-7-9-10-11-12-13-17-31(23(32)19-30-27(35)37-28(3,4)5)25(26(34)29-20-24(33)36-6)22-16-14-15-21(8-2)18-22/h8,14-16,18,25H,2,7,9-13,17,19-20H2,1,3-6H3,(H,29,34)(H,30,35). The molecule has 9 nitrogen and oxygen atoms in total. The molecule has 0 saturated carbocycles. The Labute approximate surface area is 221 Å². The molecule has 206 valence electrons. The summed E-state index contributed by atoms with van der Waals surface area (Å²) in [4.78, 5) is 52.1. The van der Waals surface area contributed by atoms with Crippen molar-refractivity contribution in [1.29, 1.82) is 0 Å². The first-order chi connectivity index (χ1) is 17.5. The molecule has 0 aliphatic heterocycles. The van der Waals surface area contributed by atoms with Crippen molar-refractivity contribution in [3.63, 3.8) is 0 Å². The molecule has 1 aromatic rings. The Balaban J connectivity index is 3.22. The van der Waals surface area contributed by atoms with Crippen LogP contribution in [0.5, 0.6) is 0 Å². The van der Waals surface area contributed by atoms with Crippen LogP contribution in [0.4, 0.5) is 4.79 Å². The maximum absolute atomic E-state index is 13.4. The van der Waals surface area contributed by atoms with Crippen LogP contribution in [0.1, 0.15) is 83.4 Å². The number of amides is 3. The topological polar surface area (TPSA) is 114 Å². The zero-order valence-electron chi connectivity index (χ0n) is 22.9. The molecule has 1 aromatic carbocycles. The number of hydrogen-bond acceptors (Lipinski definition) is 6. The summed E-state index contributed by atoms with van der Waals surface area (Å²) >= 11 is 0. The predicted octanol–water partition coefficient (Wildman–Crippen LogP) is 4.37. The van der Waals surface area contributed by atoms with Crippen molar-refractivity contribution >= 4 is 30.0 Å². The van der Waals surface area contributed by atoms with Crippen LogP contribution in [0, 0.1) is 0 Å². The summed E-state index contributed by atoms with van der Waals surface area (Å²) in [5.41, 5.74) is 0.630. The van der Waals surface area contributed by atoms with Gasteiger partial charge < -0.3 is 25.0 Å². The minimum atomic E-state index is -1.02. The first kappa shape index (κ1) is 31.7. The van der Waals surface area contributed by atoms with Crippen molar-refractivity contribution in [3.8, 4) is 0 Å². The van der Waals surface area contributed by atoms with Gasteiger partial charge in [-0.3, -0.25) is 14.4 Å². The Morgan fingerprint density at radius 2 is 1.70 bits per heavy atom. The molecule has 0 aliphatic rings. The molecule has 1 atom stereocenters. The Hall–Kier alpha value is -3.36. The first-order valence-electron chi connectivity index (χ1n) is 12.9. The number of alkyl carbamates (subject to hydrolysis) is 1. The van der Waals surface area contributed by atoms with Crippen molar-refractivity contribution in [2.45, 2.75) is 77.9 Å². The van der Waals surface area contributed by atoms with E-state index in [1.807, 2.05) is 6.07 Å². The summed E-state index contributed by atoms with van der Waals surface area (Å²) in [6, 6.07) is 6.12. The fourth-order valence-electron chi connectivity index (χ4n) is 3.68. The van der Waals surface area contributed by atoms with Crippen LogP contribution in [-0.4, -0.2) is 61.1 Å². The summed E-state index contributed by atoms with van der Waals surface area (Å²) in [7, 11) is 1.23. The number of carbonyl (C=O) groups is 4. The average Bonchev–Trinajstić information content (AvgIpc) is 2.85. The lowest BCUT2D eigenvalue weighted by atomic mass is 10.0. The predicted molar refractivity (Wildman–Crippen MR) is 144 cm³/mol. The zero-order valence-corrected chi connectivity index (χ0v) is 22.9. The van der Waals surface area contributed by atoms with Crippen molar-refractivity contribution in [2.24, 2.45) is 0 Å². The Morgan fingerprint density at radius 3 is 2.32 bits per heavy atom. The third-order valence-electron chi connectivity index (χ3n) is 5.51. The number of nitrogens with one attached hydrogen (secondary N) is 2. The zero-order chi connectivity index (χ0) is 27.8. The SMILES string of the molecule is C=Cc1cccc(C(C(=O)NCC(=O)OC)N(CCCCCCCC)C(=O)CNC(=O)OC(C)(C)C)c1. The van der Waals surface area contributed by atoms with E-state index in [4.69, 9.17) is 4.74 Å². The van der Waals surface area contributed by atoms with Gasteiger partial charge in [0.1, 0.15) is 24.7 Å². The molecule has 0 radical (unpaired) electrons. The number of unbranched alkanes of at least 4 members (excludes halogenated alkanes) is 5. The Kier molecular flexibility index (Phi) is 14.0. The Bertz CT molecular complexity index is 909. The lowest BCUT2D eigenvalue weighted by Crippen LogP contribution is -2.48. The van der Waals surface area contributed by atoms with Gasteiger partial charge in [-0.15, -0.1) is 0 Å². The largest absolute Gasteiger partial charge is 0.468 e. The Morgan fingerprint density at radius 1 is 1.03 bits per heavy atom. The fraction of sp³-hybridized carbons (Fsp3) is 0.571. The summed E-state index contributed by atoms with van der Waals surface area (Å²) in [6.07, 6.45) is 6.92. The van der Waals surface area contributed by atoms with Gasteiger partial charge >= 0.3 is 12.1 Å². The number of nitrogens with zero attached hydrogens (tertiary/aromatic N) is 1. The van der Waals surface area contributed by atoms with E-state index in [0.717, 1.165) is 37.7 Å². The van der Waals surface area contributed by atoms with Gasteiger partial charge in [-0.1, -0.05) is 69.9 Å². The second kappa shape index (κ2) is 16.4. The number of benzene rings is 1. The molecule has 0 fully saturated rings. The number of hydrogen-bond donors (Lipinski definition) is 2. The lowest BCUT2D eigenvalue weighted by molar-refractivity contribution is -0.143. The summed E-state index contributed by atoms with van der Waals surface area (Å²) < 4.78 is 9.88. The molecule has 1 unspecified atom stereocenters. The highest BCUT2D eigenvalue weighted by Gasteiger charge is 2.32. The van der Waals surface area contributed by atoms with Gasteiger partial charge in [0.25, 0.3) is 0 Å². The minimum Gasteiger partial charge on any atom is -0.468 e. The van der Waals surface area contributed by atoms with Crippen molar-refractivity contribution in [3.05, 3.63) is 42.0 Å². The van der Waals surface area contributed by atoms with Crippen LogP contribution in [0.25, 0.3) is 6.08 Å². The van der Waals surface area contributed by atoms with E-state index in [2.05, 4.69) is 28.9 Å². The molecule has 9 heteroatoms. The lowest BCUT2D eigenvalue weighted by Gasteiger charge is -2.32. The molecule has 0 bridgehead atoms. The second-order valence-electron chi connectivity index (χ2n) is 9.78. The minimum absolute atomic E-state index is 0.301. The third kappa shape index (κ3) is 12.4. The van der Waals surface area contributed by atoms with Gasteiger partial charge in [-0.25, -0.2) is 4.79 Å². The van der Waals surface area contributed by atoms with Crippen LogP contribution in [0.2, 0.25) is 0 Å². The van der Waals surface area contributed by atoms with Gasteiger partial charge in [0.05, 0.1) is 7.11 Å². The van der Waals surface area contributed by atoms with Crippen molar-refractivity contribution in [1.82, 2.24) is 15.5 Å². The fourth-order valence-corrected chi connectivity index (χ4v) is 3.68. The van der Waals surface area contributed by atoms with E-state index >= 15 is 0 Å². The number of carbonyl (C=O) groups excluding carboxylic acids is 4. The number of rotatable bonds is 15. The van der Waals surface area contributed by atoms with Crippen LogP contribution >= 0.6 is 0 Å². The van der Waals surface area contributed by atoms with Gasteiger partial charge in [0.2, 0.25) is 11.8 Å². The van der Waals surface area contributed by atoms with Gasteiger partial charge in [-0.05, 0) is 44.4 Å². The molecule has 0 aliphatic carbocycles. The molecule has 1 rings (SSSR count). The molecule has 3 amide bonds. The molecule has 37 heavy (non-hydrogen) atoms.